The van der Waals surface area contributed by atoms with Crippen molar-refractivity contribution >= 4 is 23.7 Å². The molecule has 2 aromatic rings. The number of amides is 2. The number of hydrazone groups is 1. The van der Waals surface area contributed by atoms with E-state index in [2.05, 4.69) is 15.8 Å². The predicted molar refractivity (Wildman–Crippen MR) is 101 cm³/mol. The van der Waals surface area contributed by atoms with Crippen LogP contribution in [0.25, 0.3) is 0 Å². The molecule has 2 amide bonds. The van der Waals surface area contributed by atoms with Gasteiger partial charge in [-0.15, -0.1) is 0 Å². The Labute approximate surface area is 160 Å². The van der Waals surface area contributed by atoms with Crippen molar-refractivity contribution in [2.24, 2.45) is 11.0 Å². The van der Waals surface area contributed by atoms with Crippen molar-refractivity contribution in [3.05, 3.63) is 75.6 Å². The van der Waals surface area contributed by atoms with Crippen molar-refractivity contribution in [2.75, 3.05) is 0 Å². The van der Waals surface area contributed by atoms with Gasteiger partial charge in [-0.3, -0.25) is 19.7 Å². The minimum Gasteiger partial charge on any atom is -0.340 e. The standard InChI is InChI=1S/C19H19FN4O4/c1-12(2)17(22-18(25)15-5-3-4-6-16(15)20)19(26)23-21-11-13-7-9-14(10-8-13)24(27)28/h3-12,17H,1-2H3,(H,22,25)(H,23,26)/b21-11+. The maximum Gasteiger partial charge on any atom is 0.269 e. The van der Waals surface area contributed by atoms with Crippen molar-refractivity contribution in [3.8, 4) is 0 Å². The average molecular weight is 386 g/mol. The van der Waals surface area contributed by atoms with E-state index in [0.29, 0.717) is 5.56 Å². The zero-order valence-electron chi connectivity index (χ0n) is 15.3. The molecule has 8 nitrogen and oxygen atoms in total. The van der Waals surface area contributed by atoms with Crippen molar-refractivity contribution in [2.45, 2.75) is 19.9 Å². The molecule has 2 N–H and O–H groups in total. The Bertz CT molecular complexity index is 897. The molecule has 28 heavy (non-hydrogen) atoms. The van der Waals surface area contributed by atoms with E-state index in [1.54, 1.807) is 13.8 Å². The Balaban J connectivity index is 2.01. The van der Waals surface area contributed by atoms with E-state index in [1.165, 1.54) is 48.7 Å². The van der Waals surface area contributed by atoms with Crippen LogP contribution in [0.15, 0.2) is 53.6 Å². The van der Waals surface area contributed by atoms with E-state index < -0.39 is 28.6 Å². The van der Waals surface area contributed by atoms with Gasteiger partial charge in [0.25, 0.3) is 17.5 Å². The van der Waals surface area contributed by atoms with E-state index in [9.17, 15) is 24.1 Å². The van der Waals surface area contributed by atoms with Gasteiger partial charge in [0, 0.05) is 12.1 Å². The highest BCUT2D eigenvalue weighted by Gasteiger charge is 2.25. The average Bonchev–Trinajstić information content (AvgIpc) is 2.66. The third-order valence-corrected chi connectivity index (χ3v) is 3.85. The number of carbonyl (C=O) groups is 2. The first kappa shape index (κ1) is 20.7. The van der Waals surface area contributed by atoms with Crippen molar-refractivity contribution < 1.29 is 18.9 Å². The second-order valence-corrected chi connectivity index (χ2v) is 6.26. The van der Waals surface area contributed by atoms with Crippen LogP contribution in [-0.2, 0) is 4.79 Å². The lowest BCUT2D eigenvalue weighted by Crippen LogP contribution is -2.48. The minimum atomic E-state index is -0.930. The summed E-state index contributed by atoms with van der Waals surface area (Å²) in [5, 5.41) is 16.9. The molecule has 9 heteroatoms. The predicted octanol–water partition coefficient (Wildman–Crippen LogP) is 2.64. The van der Waals surface area contributed by atoms with Crippen LogP contribution in [-0.4, -0.2) is 29.0 Å². The molecule has 1 atom stereocenters. The number of halogens is 1. The highest BCUT2D eigenvalue weighted by Crippen LogP contribution is 2.11. The molecular formula is C19H19FN4O4. The van der Waals surface area contributed by atoms with Crippen LogP contribution < -0.4 is 10.7 Å². The van der Waals surface area contributed by atoms with Gasteiger partial charge in [-0.1, -0.05) is 26.0 Å². The number of hydrogen-bond donors (Lipinski definition) is 2. The highest BCUT2D eigenvalue weighted by molar-refractivity contribution is 5.98. The number of nitrogens with one attached hydrogen (secondary N) is 2. The Kier molecular flexibility index (Phi) is 6.91. The Hall–Kier alpha value is -3.62. The summed E-state index contributed by atoms with van der Waals surface area (Å²) in [4.78, 5) is 34.7. The molecule has 0 radical (unpaired) electrons. The summed E-state index contributed by atoms with van der Waals surface area (Å²) in [6.45, 7) is 3.46. The largest absolute Gasteiger partial charge is 0.340 e. The molecule has 0 fully saturated rings. The van der Waals surface area contributed by atoms with Gasteiger partial charge in [-0.25, -0.2) is 9.82 Å². The van der Waals surface area contributed by atoms with E-state index >= 15 is 0 Å². The number of nitro benzene ring substituents is 1. The zero-order valence-corrected chi connectivity index (χ0v) is 15.3. The molecule has 0 bridgehead atoms. The van der Waals surface area contributed by atoms with Crippen LogP contribution in [0.1, 0.15) is 29.8 Å². The normalized spacial score (nSPS) is 12.0. The number of benzene rings is 2. The summed E-state index contributed by atoms with van der Waals surface area (Å²) < 4.78 is 13.7. The van der Waals surface area contributed by atoms with Crippen LogP contribution in [0.3, 0.4) is 0 Å². The lowest BCUT2D eigenvalue weighted by molar-refractivity contribution is -0.384. The summed E-state index contributed by atoms with van der Waals surface area (Å²) in [7, 11) is 0. The molecule has 2 rings (SSSR count). The van der Waals surface area contributed by atoms with E-state index in [1.807, 2.05) is 0 Å². The molecule has 146 valence electrons. The summed E-state index contributed by atoms with van der Waals surface area (Å²) in [6, 6.07) is 10.1. The quantitative estimate of drug-likeness (QED) is 0.432. The highest BCUT2D eigenvalue weighted by atomic mass is 19.1. The van der Waals surface area contributed by atoms with Gasteiger partial charge in [0.2, 0.25) is 0 Å². The molecule has 0 saturated carbocycles. The van der Waals surface area contributed by atoms with Crippen LogP contribution in [0, 0.1) is 21.8 Å². The first-order valence-electron chi connectivity index (χ1n) is 8.42. The number of hydrogen-bond acceptors (Lipinski definition) is 5. The summed E-state index contributed by atoms with van der Waals surface area (Å²) in [5.41, 5.74) is 2.64. The number of nitro groups is 1. The van der Waals surface area contributed by atoms with E-state index in [4.69, 9.17) is 0 Å². The number of carbonyl (C=O) groups excluding carboxylic acids is 2. The topological polar surface area (TPSA) is 114 Å². The first-order valence-corrected chi connectivity index (χ1v) is 8.42. The van der Waals surface area contributed by atoms with Crippen LogP contribution in [0.5, 0.6) is 0 Å². The smallest absolute Gasteiger partial charge is 0.269 e. The van der Waals surface area contributed by atoms with Crippen LogP contribution in [0.4, 0.5) is 10.1 Å². The Morgan fingerprint density at radius 1 is 1.14 bits per heavy atom. The molecule has 0 aliphatic rings. The summed E-state index contributed by atoms with van der Waals surface area (Å²) in [5.74, 6) is -2.23. The third kappa shape index (κ3) is 5.44. The SMILES string of the molecule is CC(C)C(NC(=O)c1ccccc1F)C(=O)N/N=C/c1ccc([N+](=O)[O-])cc1. The second kappa shape index (κ2) is 9.36. The van der Waals surface area contributed by atoms with Gasteiger partial charge in [0.15, 0.2) is 0 Å². The van der Waals surface area contributed by atoms with Gasteiger partial charge in [0.1, 0.15) is 11.9 Å². The molecule has 0 saturated heterocycles. The lowest BCUT2D eigenvalue weighted by Gasteiger charge is -2.20. The zero-order chi connectivity index (χ0) is 20.7. The monoisotopic (exact) mass is 386 g/mol. The van der Waals surface area contributed by atoms with Gasteiger partial charge in [-0.2, -0.15) is 5.10 Å². The fraction of sp³-hybridized carbons (Fsp3) is 0.211. The molecule has 2 aromatic carbocycles. The molecule has 0 aliphatic heterocycles. The van der Waals surface area contributed by atoms with E-state index in [-0.39, 0.29) is 17.2 Å². The van der Waals surface area contributed by atoms with Crippen molar-refractivity contribution in [1.82, 2.24) is 10.7 Å². The summed E-state index contributed by atoms with van der Waals surface area (Å²) in [6.07, 6.45) is 1.32. The molecule has 0 heterocycles. The Morgan fingerprint density at radius 2 is 1.79 bits per heavy atom. The number of nitrogens with zero attached hydrogens (tertiary/aromatic N) is 2. The van der Waals surface area contributed by atoms with Gasteiger partial charge in [0.05, 0.1) is 16.7 Å². The Morgan fingerprint density at radius 3 is 2.36 bits per heavy atom. The van der Waals surface area contributed by atoms with Crippen molar-refractivity contribution in [1.29, 1.82) is 0 Å². The fourth-order valence-corrected chi connectivity index (χ4v) is 2.32. The molecular weight excluding hydrogens is 367 g/mol. The lowest BCUT2D eigenvalue weighted by atomic mass is 10.0. The van der Waals surface area contributed by atoms with E-state index in [0.717, 1.165) is 6.07 Å². The minimum absolute atomic E-state index is 0.0584. The fourth-order valence-electron chi connectivity index (χ4n) is 2.32. The van der Waals surface area contributed by atoms with Gasteiger partial charge < -0.3 is 5.32 Å². The first-order chi connectivity index (χ1) is 13.3. The maximum atomic E-state index is 13.7. The van der Waals surface area contributed by atoms with Gasteiger partial charge >= 0.3 is 0 Å². The van der Waals surface area contributed by atoms with Crippen LogP contribution >= 0.6 is 0 Å². The van der Waals surface area contributed by atoms with Crippen molar-refractivity contribution in [3.63, 3.8) is 0 Å². The third-order valence-electron chi connectivity index (χ3n) is 3.85. The second-order valence-electron chi connectivity index (χ2n) is 6.26. The molecule has 1 unspecified atom stereocenters. The number of rotatable bonds is 7. The van der Waals surface area contributed by atoms with Gasteiger partial charge in [-0.05, 0) is 35.7 Å². The summed E-state index contributed by atoms with van der Waals surface area (Å²) >= 11 is 0. The molecule has 0 spiro atoms. The number of non-ortho nitro benzene ring substituents is 1. The molecule has 0 aromatic heterocycles. The maximum absolute atomic E-state index is 13.7. The van der Waals surface area contributed by atoms with Crippen LogP contribution in [0.2, 0.25) is 0 Å². The molecule has 0 aliphatic carbocycles.